The second kappa shape index (κ2) is 4.58. The van der Waals surface area contributed by atoms with Crippen molar-refractivity contribution >= 4 is 17.4 Å². The van der Waals surface area contributed by atoms with Gasteiger partial charge in [-0.2, -0.15) is 11.8 Å². The molecule has 1 N–H and O–H groups in total. The molecule has 1 fully saturated rings. The van der Waals surface area contributed by atoms with Gasteiger partial charge in [0.25, 0.3) is 0 Å². The molecule has 1 aromatic rings. The maximum atomic E-state index is 6.14. The van der Waals surface area contributed by atoms with E-state index in [-0.39, 0.29) is 0 Å². The predicted molar refractivity (Wildman–Crippen MR) is 69.6 cm³/mol. The van der Waals surface area contributed by atoms with Crippen LogP contribution in [-0.2, 0) is 6.42 Å². The molecule has 0 saturated carbocycles. The Balaban J connectivity index is 1.76. The third kappa shape index (κ3) is 2.01. The van der Waals surface area contributed by atoms with Crippen molar-refractivity contribution in [3.05, 3.63) is 23.8 Å². The summed E-state index contributed by atoms with van der Waals surface area (Å²) in [5, 5.41) is 3.39. The van der Waals surface area contributed by atoms with Crippen molar-refractivity contribution in [2.45, 2.75) is 25.4 Å². The molecular weight excluding hydrogens is 218 g/mol. The highest BCUT2D eigenvalue weighted by Crippen LogP contribution is 2.33. The fraction of sp³-hybridized carbons (Fsp3) is 0.538. The maximum absolute atomic E-state index is 6.14. The summed E-state index contributed by atoms with van der Waals surface area (Å²) in [6.45, 7) is 1.05. The van der Waals surface area contributed by atoms with Gasteiger partial charge < -0.3 is 10.1 Å². The molecule has 2 heterocycles. The molecule has 3 heteroatoms. The third-order valence-electron chi connectivity index (χ3n) is 3.29. The van der Waals surface area contributed by atoms with E-state index >= 15 is 0 Å². The van der Waals surface area contributed by atoms with Crippen LogP contribution in [0.1, 0.15) is 18.4 Å². The lowest BCUT2D eigenvalue weighted by atomic mass is 10.1. The van der Waals surface area contributed by atoms with Gasteiger partial charge in [-0.1, -0.05) is 6.07 Å². The van der Waals surface area contributed by atoms with Crippen molar-refractivity contribution in [2.75, 3.05) is 23.4 Å². The largest absolute Gasteiger partial charge is 0.490 e. The molecule has 0 bridgehead atoms. The van der Waals surface area contributed by atoms with Crippen molar-refractivity contribution in [2.24, 2.45) is 0 Å². The molecule has 0 radical (unpaired) electrons. The average molecular weight is 235 g/mol. The van der Waals surface area contributed by atoms with E-state index in [1.165, 1.54) is 35.6 Å². The van der Waals surface area contributed by atoms with Crippen LogP contribution in [0.15, 0.2) is 18.2 Å². The van der Waals surface area contributed by atoms with Crippen LogP contribution in [-0.4, -0.2) is 24.2 Å². The van der Waals surface area contributed by atoms with Crippen LogP contribution >= 0.6 is 11.8 Å². The van der Waals surface area contributed by atoms with Gasteiger partial charge >= 0.3 is 0 Å². The van der Waals surface area contributed by atoms with Gasteiger partial charge in [-0.05, 0) is 42.9 Å². The lowest BCUT2D eigenvalue weighted by molar-refractivity contribution is 0.191. The Morgan fingerprint density at radius 2 is 2.12 bits per heavy atom. The maximum Gasteiger partial charge on any atom is 0.125 e. The summed E-state index contributed by atoms with van der Waals surface area (Å²) >= 11 is 2.04. The monoisotopic (exact) mass is 235 g/mol. The van der Waals surface area contributed by atoms with Gasteiger partial charge in [-0.3, -0.25) is 0 Å². The number of hydrogen-bond donors (Lipinski definition) is 1. The van der Waals surface area contributed by atoms with Crippen LogP contribution in [0.3, 0.4) is 0 Å². The van der Waals surface area contributed by atoms with Gasteiger partial charge in [0.15, 0.2) is 0 Å². The summed E-state index contributed by atoms with van der Waals surface area (Å²) in [6, 6.07) is 6.35. The third-order valence-corrected chi connectivity index (χ3v) is 4.33. The molecule has 86 valence electrons. The smallest absolute Gasteiger partial charge is 0.125 e. The number of nitrogens with one attached hydrogen (secondary N) is 1. The Morgan fingerprint density at radius 1 is 1.25 bits per heavy atom. The Morgan fingerprint density at radius 3 is 3.00 bits per heavy atom. The fourth-order valence-corrected chi connectivity index (χ4v) is 3.46. The first-order chi connectivity index (χ1) is 7.93. The molecular formula is C13H17NOS. The molecule has 2 nitrogen and oxygen atoms in total. The Hall–Kier alpha value is -0.830. The lowest BCUT2D eigenvalue weighted by Gasteiger charge is -2.23. The van der Waals surface area contributed by atoms with Crippen LogP contribution in [0.25, 0.3) is 0 Å². The summed E-state index contributed by atoms with van der Waals surface area (Å²) in [7, 11) is 0. The zero-order valence-corrected chi connectivity index (χ0v) is 10.2. The molecule has 0 spiro atoms. The molecule has 16 heavy (non-hydrogen) atoms. The number of thioether (sulfide) groups is 1. The van der Waals surface area contributed by atoms with E-state index < -0.39 is 0 Å². The van der Waals surface area contributed by atoms with E-state index in [4.69, 9.17) is 4.74 Å². The van der Waals surface area contributed by atoms with E-state index in [1.54, 1.807) is 0 Å². The molecule has 3 rings (SSSR count). The minimum Gasteiger partial charge on any atom is -0.490 e. The second-order valence-electron chi connectivity index (χ2n) is 4.39. The van der Waals surface area contributed by atoms with E-state index in [9.17, 15) is 0 Å². The van der Waals surface area contributed by atoms with Crippen LogP contribution in [0.5, 0.6) is 5.75 Å². The first-order valence-corrected chi connectivity index (χ1v) is 7.19. The summed E-state index contributed by atoms with van der Waals surface area (Å²) in [6.07, 6.45) is 3.93. The van der Waals surface area contributed by atoms with Gasteiger partial charge in [0.1, 0.15) is 11.9 Å². The van der Waals surface area contributed by atoms with Gasteiger partial charge in [-0.15, -0.1) is 0 Å². The molecule has 1 saturated heterocycles. The van der Waals surface area contributed by atoms with Crippen molar-refractivity contribution in [1.29, 1.82) is 0 Å². The van der Waals surface area contributed by atoms with E-state index in [1.807, 2.05) is 11.8 Å². The number of anilines is 1. The normalized spacial score (nSPS) is 20.2. The first-order valence-electron chi connectivity index (χ1n) is 6.03. The molecule has 0 aromatic heterocycles. The van der Waals surface area contributed by atoms with Crippen LogP contribution < -0.4 is 10.1 Å². The molecule has 1 aromatic carbocycles. The second-order valence-corrected chi connectivity index (χ2v) is 5.61. The molecule has 0 atom stereocenters. The predicted octanol–water partition coefficient (Wildman–Crippen LogP) is 2.93. The summed E-state index contributed by atoms with van der Waals surface area (Å²) in [5.41, 5.74) is 2.64. The van der Waals surface area contributed by atoms with Crippen molar-refractivity contribution < 1.29 is 4.74 Å². The molecule has 0 aliphatic carbocycles. The number of rotatable bonds is 2. The minimum atomic E-state index is 0.438. The first kappa shape index (κ1) is 10.3. The summed E-state index contributed by atoms with van der Waals surface area (Å²) in [4.78, 5) is 0. The molecule has 2 aliphatic rings. The van der Waals surface area contributed by atoms with E-state index in [0.29, 0.717) is 6.10 Å². The zero-order valence-electron chi connectivity index (χ0n) is 9.37. The van der Waals surface area contributed by atoms with Gasteiger partial charge in [0.2, 0.25) is 0 Å². The highest BCUT2D eigenvalue weighted by Gasteiger charge is 2.19. The number of benzene rings is 1. The average Bonchev–Trinajstić information content (AvgIpc) is 2.80. The van der Waals surface area contributed by atoms with Crippen LogP contribution in [0.2, 0.25) is 0 Å². The molecule has 0 unspecified atom stereocenters. The topological polar surface area (TPSA) is 21.3 Å². The SMILES string of the molecule is c1cc2c(c(OC3CCSCC3)c1)CCN2. The van der Waals surface area contributed by atoms with E-state index in [2.05, 4.69) is 23.5 Å². The minimum absolute atomic E-state index is 0.438. The number of ether oxygens (including phenoxy) is 1. The molecule has 2 aliphatic heterocycles. The summed E-state index contributed by atoms with van der Waals surface area (Å²) < 4.78 is 6.14. The summed E-state index contributed by atoms with van der Waals surface area (Å²) in [5.74, 6) is 3.61. The Labute approximate surface area is 101 Å². The number of fused-ring (bicyclic) bond motifs is 1. The quantitative estimate of drug-likeness (QED) is 0.851. The molecule has 0 amide bonds. The van der Waals surface area contributed by atoms with Crippen molar-refractivity contribution in [1.82, 2.24) is 0 Å². The van der Waals surface area contributed by atoms with Crippen LogP contribution in [0.4, 0.5) is 5.69 Å². The standard InChI is InChI=1S/C13H17NOS/c1-2-12-11(4-7-14-12)13(3-1)15-10-5-8-16-9-6-10/h1-3,10,14H,4-9H2. The van der Waals surface area contributed by atoms with Gasteiger partial charge in [-0.25, -0.2) is 0 Å². The van der Waals surface area contributed by atoms with Crippen LogP contribution in [0, 0.1) is 0 Å². The Bertz CT molecular complexity index is 374. The lowest BCUT2D eigenvalue weighted by Crippen LogP contribution is -2.22. The van der Waals surface area contributed by atoms with Gasteiger partial charge in [0.05, 0.1) is 0 Å². The zero-order chi connectivity index (χ0) is 10.8. The fourth-order valence-electron chi connectivity index (χ4n) is 2.40. The highest BCUT2D eigenvalue weighted by atomic mass is 32.2. The van der Waals surface area contributed by atoms with Crippen molar-refractivity contribution in [3.63, 3.8) is 0 Å². The highest BCUT2D eigenvalue weighted by molar-refractivity contribution is 7.99. The number of hydrogen-bond acceptors (Lipinski definition) is 3. The van der Waals surface area contributed by atoms with Crippen molar-refractivity contribution in [3.8, 4) is 5.75 Å². The van der Waals surface area contributed by atoms with E-state index in [0.717, 1.165) is 18.7 Å². The van der Waals surface area contributed by atoms with Gasteiger partial charge in [0, 0.05) is 17.8 Å². The Kier molecular flexibility index (Phi) is 2.96.